The molecule has 2 nitrogen and oxygen atoms in total. The first-order valence-corrected chi connectivity index (χ1v) is 6.95. The van der Waals surface area contributed by atoms with Gasteiger partial charge in [-0.05, 0) is 31.0 Å². The molecule has 0 bridgehead atoms. The van der Waals surface area contributed by atoms with Gasteiger partial charge in [-0.2, -0.15) is 0 Å². The number of rotatable bonds is 7. The monoisotopic (exact) mass is 267 g/mol. The SMILES string of the molecule is C=CC(C)ON(CCc1ccccc1)c1ccccc1. The minimum atomic E-state index is -0.00835. The normalized spacial score (nSPS) is 11.8. The van der Waals surface area contributed by atoms with Crippen molar-refractivity contribution >= 4 is 5.69 Å². The molecule has 0 aromatic heterocycles. The molecule has 0 aliphatic carbocycles. The Hall–Kier alpha value is -2.06. The van der Waals surface area contributed by atoms with Crippen molar-refractivity contribution in [3.05, 3.63) is 78.9 Å². The highest BCUT2D eigenvalue weighted by atomic mass is 16.7. The molecule has 0 heterocycles. The molecule has 0 saturated heterocycles. The van der Waals surface area contributed by atoms with Gasteiger partial charge < -0.3 is 0 Å². The zero-order chi connectivity index (χ0) is 14.2. The summed E-state index contributed by atoms with van der Waals surface area (Å²) in [6.45, 7) is 6.58. The summed E-state index contributed by atoms with van der Waals surface area (Å²) in [5.41, 5.74) is 2.38. The average molecular weight is 267 g/mol. The van der Waals surface area contributed by atoms with Crippen molar-refractivity contribution in [2.75, 3.05) is 11.6 Å². The Morgan fingerprint density at radius 1 is 1.05 bits per heavy atom. The second kappa shape index (κ2) is 7.51. The third-order valence-electron chi connectivity index (χ3n) is 3.12. The van der Waals surface area contributed by atoms with Crippen LogP contribution in [-0.2, 0) is 11.3 Å². The zero-order valence-corrected chi connectivity index (χ0v) is 11.9. The van der Waals surface area contributed by atoms with E-state index >= 15 is 0 Å². The summed E-state index contributed by atoms with van der Waals surface area (Å²) in [6, 6.07) is 20.6. The van der Waals surface area contributed by atoms with E-state index in [0.717, 1.165) is 18.7 Å². The molecule has 20 heavy (non-hydrogen) atoms. The molecule has 2 rings (SSSR count). The van der Waals surface area contributed by atoms with Crippen molar-refractivity contribution in [3.8, 4) is 0 Å². The molecule has 1 atom stereocenters. The lowest BCUT2D eigenvalue weighted by Gasteiger charge is -2.26. The fraction of sp³-hybridized carbons (Fsp3) is 0.222. The van der Waals surface area contributed by atoms with Crippen LogP contribution < -0.4 is 5.06 Å². The molecule has 0 aliphatic heterocycles. The van der Waals surface area contributed by atoms with Crippen molar-refractivity contribution in [2.24, 2.45) is 0 Å². The van der Waals surface area contributed by atoms with Crippen LogP contribution in [0.2, 0.25) is 0 Å². The summed E-state index contributed by atoms with van der Waals surface area (Å²) in [5, 5.41) is 1.94. The highest BCUT2D eigenvalue weighted by Gasteiger charge is 2.09. The Morgan fingerprint density at radius 3 is 2.25 bits per heavy atom. The Kier molecular flexibility index (Phi) is 5.39. The number of hydroxylamine groups is 1. The average Bonchev–Trinajstić information content (AvgIpc) is 2.53. The van der Waals surface area contributed by atoms with Gasteiger partial charge in [0.05, 0.1) is 5.69 Å². The molecular weight excluding hydrogens is 246 g/mol. The molecule has 2 heteroatoms. The lowest BCUT2D eigenvalue weighted by Crippen LogP contribution is -2.29. The molecular formula is C18H21NO. The molecule has 2 aromatic rings. The molecule has 0 radical (unpaired) electrons. The summed E-state index contributed by atoms with van der Waals surface area (Å²) < 4.78 is 0. The number of hydrogen-bond acceptors (Lipinski definition) is 2. The molecule has 0 N–H and O–H groups in total. The smallest absolute Gasteiger partial charge is 0.101 e. The number of anilines is 1. The van der Waals surface area contributed by atoms with Gasteiger partial charge in [-0.3, -0.25) is 9.90 Å². The Labute approximate surface area is 121 Å². The molecule has 0 saturated carbocycles. The summed E-state index contributed by atoms with van der Waals surface area (Å²) in [5.74, 6) is 0. The van der Waals surface area contributed by atoms with Crippen LogP contribution in [0.25, 0.3) is 0 Å². The maximum Gasteiger partial charge on any atom is 0.101 e. The van der Waals surface area contributed by atoms with E-state index in [2.05, 4.69) is 43.0 Å². The van der Waals surface area contributed by atoms with Gasteiger partial charge in [0.25, 0.3) is 0 Å². The van der Waals surface area contributed by atoms with Crippen LogP contribution in [0.4, 0.5) is 5.69 Å². The van der Waals surface area contributed by atoms with Crippen molar-refractivity contribution < 1.29 is 4.84 Å². The first-order valence-electron chi connectivity index (χ1n) is 6.95. The van der Waals surface area contributed by atoms with Crippen molar-refractivity contribution in [1.29, 1.82) is 0 Å². The van der Waals surface area contributed by atoms with Gasteiger partial charge >= 0.3 is 0 Å². The van der Waals surface area contributed by atoms with Crippen LogP contribution in [-0.4, -0.2) is 12.6 Å². The van der Waals surface area contributed by atoms with E-state index in [4.69, 9.17) is 4.84 Å². The second-order valence-electron chi connectivity index (χ2n) is 4.72. The van der Waals surface area contributed by atoms with Gasteiger partial charge in [-0.1, -0.05) is 54.6 Å². The molecule has 1 unspecified atom stereocenters. The van der Waals surface area contributed by atoms with Crippen LogP contribution in [0.1, 0.15) is 12.5 Å². The first-order chi connectivity index (χ1) is 9.79. The predicted molar refractivity (Wildman–Crippen MR) is 84.7 cm³/mol. The van der Waals surface area contributed by atoms with Gasteiger partial charge in [0.2, 0.25) is 0 Å². The standard InChI is InChI=1S/C18H21NO/c1-3-16(2)20-19(18-12-8-5-9-13-18)15-14-17-10-6-4-7-11-17/h3-13,16H,1,14-15H2,2H3. The lowest BCUT2D eigenvalue weighted by atomic mass is 10.1. The Morgan fingerprint density at radius 2 is 1.65 bits per heavy atom. The minimum absolute atomic E-state index is 0.00835. The molecule has 104 valence electrons. The quantitative estimate of drug-likeness (QED) is 0.549. The van der Waals surface area contributed by atoms with E-state index in [0.29, 0.717) is 0 Å². The maximum atomic E-state index is 5.92. The third kappa shape index (κ3) is 4.25. The highest BCUT2D eigenvalue weighted by molar-refractivity contribution is 5.43. The van der Waals surface area contributed by atoms with Crippen LogP contribution in [0.5, 0.6) is 0 Å². The Balaban J connectivity index is 2.05. The lowest BCUT2D eigenvalue weighted by molar-refractivity contribution is 0.0738. The Bertz CT molecular complexity index is 509. The van der Waals surface area contributed by atoms with Gasteiger partial charge in [-0.25, -0.2) is 0 Å². The molecule has 0 spiro atoms. The van der Waals surface area contributed by atoms with E-state index in [9.17, 15) is 0 Å². The van der Waals surface area contributed by atoms with Crippen LogP contribution >= 0.6 is 0 Å². The second-order valence-corrected chi connectivity index (χ2v) is 4.72. The molecule has 0 amide bonds. The third-order valence-corrected chi connectivity index (χ3v) is 3.12. The number of benzene rings is 2. The molecule has 2 aromatic carbocycles. The van der Waals surface area contributed by atoms with E-state index in [1.165, 1.54) is 5.56 Å². The van der Waals surface area contributed by atoms with E-state index in [1.54, 1.807) is 6.08 Å². The fourth-order valence-electron chi connectivity index (χ4n) is 1.96. The summed E-state index contributed by atoms with van der Waals surface area (Å²) >= 11 is 0. The largest absolute Gasteiger partial charge is 0.266 e. The van der Waals surface area contributed by atoms with Crippen LogP contribution in [0.15, 0.2) is 73.3 Å². The molecule has 0 aliphatic rings. The molecule has 0 fully saturated rings. The van der Waals surface area contributed by atoms with E-state index in [-0.39, 0.29) is 6.10 Å². The van der Waals surface area contributed by atoms with Crippen molar-refractivity contribution in [1.82, 2.24) is 0 Å². The number of para-hydroxylation sites is 1. The van der Waals surface area contributed by atoms with Gasteiger partial charge in [0, 0.05) is 6.54 Å². The van der Waals surface area contributed by atoms with Crippen LogP contribution in [0, 0.1) is 0 Å². The minimum Gasteiger partial charge on any atom is -0.266 e. The summed E-state index contributed by atoms with van der Waals surface area (Å²) in [7, 11) is 0. The first kappa shape index (κ1) is 14.4. The van der Waals surface area contributed by atoms with Crippen molar-refractivity contribution in [2.45, 2.75) is 19.4 Å². The number of hydrogen-bond donors (Lipinski definition) is 0. The van der Waals surface area contributed by atoms with Crippen molar-refractivity contribution in [3.63, 3.8) is 0 Å². The fourth-order valence-corrected chi connectivity index (χ4v) is 1.96. The summed E-state index contributed by atoms with van der Waals surface area (Å²) in [6.07, 6.45) is 2.74. The van der Waals surface area contributed by atoms with Gasteiger partial charge in [0.15, 0.2) is 0 Å². The highest BCUT2D eigenvalue weighted by Crippen LogP contribution is 2.16. The van der Waals surface area contributed by atoms with Gasteiger partial charge in [0.1, 0.15) is 6.10 Å². The summed E-state index contributed by atoms with van der Waals surface area (Å²) in [4.78, 5) is 5.92. The van der Waals surface area contributed by atoms with E-state index in [1.807, 2.05) is 36.3 Å². The zero-order valence-electron chi connectivity index (χ0n) is 11.9. The van der Waals surface area contributed by atoms with E-state index < -0.39 is 0 Å². The number of nitrogens with zero attached hydrogens (tertiary/aromatic N) is 1. The topological polar surface area (TPSA) is 12.5 Å². The predicted octanol–water partition coefficient (Wildman–Crippen LogP) is 4.24. The van der Waals surface area contributed by atoms with Gasteiger partial charge in [-0.15, -0.1) is 6.58 Å². The maximum absolute atomic E-state index is 5.92. The van der Waals surface area contributed by atoms with Crippen LogP contribution in [0.3, 0.4) is 0 Å².